The molecule has 1 amide bonds. The second-order valence-corrected chi connectivity index (χ2v) is 6.35. The maximum absolute atomic E-state index is 12.3. The first kappa shape index (κ1) is 15.3. The van der Waals surface area contributed by atoms with E-state index in [1.54, 1.807) is 12.3 Å². The van der Waals surface area contributed by atoms with Gasteiger partial charge in [0, 0.05) is 17.2 Å². The van der Waals surface area contributed by atoms with Crippen molar-refractivity contribution in [1.29, 1.82) is 0 Å². The molecule has 2 rings (SSSR count). The van der Waals surface area contributed by atoms with Gasteiger partial charge in [0.2, 0.25) is 0 Å². The molecule has 0 radical (unpaired) electrons. The zero-order chi connectivity index (χ0) is 14.6. The molecule has 4 N–H and O–H groups in total. The molecule has 1 saturated carbocycles. The van der Waals surface area contributed by atoms with Crippen LogP contribution in [0.15, 0.2) is 16.7 Å². The Labute approximate surface area is 127 Å². The molecule has 6 heteroatoms. The summed E-state index contributed by atoms with van der Waals surface area (Å²) in [5, 5.41) is 3.04. The lowest BCUT2D eigenvalue weighted by molar-refractivity contribution is 0.0929. The molecule has 20 heavy (non-hydrogen) atoms. The summed E-state index contributed by atoms with van der Waals surface area (Å²) in [6.45, 7) is 2.92. The van der Waals surface area contributed by atoms with E-state index in [9.17, 15) is 4.79 Å². The second kappa shape index (κ2) is 6.54. The molecule has 1 aliphatic rings. The van der Waals surface area contributed by atoms with Crippen molar-refractivity contribution < 1.29 is 4.79 Å². The highest BCUT2D eigenvalue weighted by Gasteiger charge is 2.32. The van der Waals surface area contributed by atoms with E-state index in [1.165, 1.54) is 25.7 Å². The number of aromatic nitrogens is 1. The lowest BCUT2D eigenvalue weighted by Gasteiger charge is -2.27. The van der Waals surface area contributed by atoms with Gasteiger partial charge < -0.3 is 10.7 Å². The van der Waals surface area contributed by atoms with Crippen molar-refractivity contribution in [2.45, 2.75) is 39.0 Å². The van der Waals surface area contributed by atoms with Crippen LogP contribution in [0.3, 0.4) is 0 Å². The molecule has 1 aromatic heterocycles. The van der Waals surface area contributed by atoms with Crippen LogP contribution < -0.4 is 16.6 Å². The van der Waals surface area contributed by atoms with Crippen LogP contribution in [0, 0.1) is 5.41 Å². The first-order valence-corrected chi connectivity index (χ1v) is 7.80. The van der Waals surface area contributed by atoms with Gasteiger partial charge in [-0.25, -0.2) is 10.8 Å². The van der Waals surface area contributed by atoms with Crippen LogP contribution in [0.4, 0.5) is 5.82 Å². The SMILES string of the molecule is CCC1(CNC(=O)c2cc(Br)cnc2NN)CCCC1. The third-order valence-corrected chi connectivity index (χ3v) is 4.71. The molecule has 1 aromatic rings. The van der Waals surface area contributed by atoms with E-state index in [2.05, 4.69) is 38.6 Å². The van der Waals surface area contributed by atoms with Crippen molar-refractivity contribution >= 4 is 27.7 Å². The van der Waals surface area contributed by atoms with Crippen LogP contribution in [-0.2, 0) is 0 Å². The van der Waals surface area contributed by atoms with Gasteiger partial charge in [0.15, 0.2) is 5.82 Å². The van der Waals surface area contributed by atoms with Crippen molar-refractivity contribution in [3.63, 3.8) is 0 Å². The summed E-state index contributed by atoms with van der Waals surface area (Å²) in [6, 6.07) is 1.73. The number of nitrogens with two attached hydrogens (primary N) is 1. The summed E-state index contributed by atoms with van der Waals surface area (Å²) in [4.78, 5) is 16.4. The first-order valence-electron chi connectivity index (χ1n) is 7.00. The van der Waals surface area contributed by atoms with E-state index in [-0.39, 0.29) is 11.3 Å². The Morgan fingerprint density at radius 1 is 1.50 bits per heavy atom. The normalized spacial score (nSPS) is 16.9. The molecule has 5 nitrogen and oxygen atoms in total. The molecule has 1 aliphatic carbocycles. The van der Waals surface area contributed by atoms with Crippen LogP contribution in [-0.4, -0.2) is 17.4 Å². The first-order chi connectivity index (χ1) is 9.60. The Kier molecular flexibility index (Phi) is 4.99. The minimum absolute atomic E-state index is 0.133. The number of hydrogen-bond donors (Lipinski definition) is 3. The van der Waals surface area contributed by atoms with Gasteiger partial charge in [0.25, 0.3) is 5.91 Å². The van der Waals surface area contributed by atoms with Crippen molar-refractivity contribution in [2.75, 3.05) is 12.0 Å². The fourth-order valence-electron chi connectivity index (χ4n) is 2.87. The fraction of sp³-hybridized carbons (Fsp3) is 0.571. The van der Waals surface area contributed by atoms with E-state index in [0.717, 1.165) is 17.4 Å². The average Bonchev–Trinajstić information content (AvgIpc) is 2.94. The van der Waals surface area contributed by atoms with E-state index >= 15 is 0 Å². The highest BCUT2D eigenvalue weighted by molar-refractivity contribution is 9.10. The number of rotatable bonds is 5. The van der Waals surface area contributed by atoms with Crippen molar-refractivity contribution in [2.24, 2.45) is 11.3 Å². The summed E-state index contributed by atoms with van der Waals surface area (Å²) in [7, 11) is 0. The van der Waals surface area contributed by atoms with Gasteiger partial charge in [-0.15, -0.1) is 0 Å². The maximum atomic E-state index is 12.3. The Bertz CT molecular complexity index is 486. The standard InChI is InChI=1S/C14H21BrN4O/c1-2-14(5-3-4-6-14)9-18-13(20)11-7-10(15)8-17-12(11)19-16/h7-8H,2-6,9,16H2,1H3,(H,17,19)(H,18,20). The molecule has 0 atom stereocenters. The minimum atomic E-state index is -0.133. The van der Waals surface area contributed by atoms with Crippen molar-refractivity contribution in [3.05, 3.63) is 22.3 Å². The predicted octanol–water partition coefficient (Wildman–Crippen LogP) is 2.83. The Morgan fingerprint density at radius 3 is 2.80 bits per heavy atom. The molecule has 0 saturated heterocycles. The number of carbonyl (C=O) groups excluding carboxylic acids is 1. The quantitative estimate of drug-likeness (QED) is 0.568. The number of nitrogen functional groups attached to an aromatic ring is 1. The van der Waals surface area contributed by atoms with Gasteiger partial charge in [-0.1, -0.05) is 19.8 Å². The topological polar surface area (TPSA) is 80.0 Å². The second-order valence-electron chi connectivity index (χ2n) is 5.44. The van der Waals surface area contributed by atoms with Crippen LogP contribution in [0.2, 0.25) is 0 Å². The molecular formula is C14H21BrN4O. The lowest BCUT2D eigenvalue weighted by Crippen LogP contribution is -2.36. The van der Waals surface area contributed by atoms with Crippen LogP contribution in [0.1, 0.15) is 49.4 Å². The maximum Gasteiger partial charge on any atom is 0.255 e. The number of anilines is 1. The molecule has 0 aromatic carbocycles. The molecular weight excluding hydrogens is 320 g/mol. The number of nitrogens with zero attached hydrogens (tertiary/aromatic N) is 1. The molecule has 0 spiro atoms. The van der Waals surface area contributed by atoms with Crippen LogP contribution >= 0.6 is 15.9 Å². The number of hydrogen-bond acceptors (Lipinski definition) is 4. The summed E-state index contributed by atoms with van der Waals surface area (Å²) in [6.07, 6.45) is 7.63. The summed E-state index contributed by atoms with van der Waals surface area (Å²) in [5.41, 5.74) is 3.20. The average molecular weight is 341 g/mol. The molecule has 0 bridgehead atoms. The van der Waals surface area contributed by atoms with Crippen LogP contribution in [0.5, 0.6) is 0 Å². The van der Waals surface area contributed by atoms with Crippen molar-refractivity contribution in [3.8, 4) is 0 Å². The molecule has 1 heterocycles. The lowest BCUT2D eigenvalue weighted by atomic mass is 9.83. The highest BCUT2D eigenvalue weighted by atomic mass is 79.9. The minimum Gasteiger partial charge on any atom is -0.351 e. The highest BCUT2D eigenvalue weighted by Crippen LogP contribution is 2.40. The third-order valence-electron chi connectivity index (χ3n) is 4.27. The molecule has 0 aliphatic heterocycles. The van der Waals surface area contributed by atoms with Gasteiger partial charge in [0.05, 0.1) is 5.56 Å². The van der Waals surface area contributed by atoms with E-state index in [0.29, 0.717) is 11.4 Å². The summed E-state index contributed by atoms with van der Waals surface area (Å²) < 4.78 is 0.757. The van der Waals surface area contributed by atoms with Gasteiger partial charge >= 0.3 is 0 Å². The molecule has 0 unspecified atom stereocenters. The zero-order valence-electron chi connectivity index (χ0n) is 11.7. The Hall–Kier alpha value is -1.14. The van der Waals surface area contributed by atoms with Crippen molar-refractivity contribution in [1.82, 2.24) is 10.3 Å². The van der Waals surface area contributed by atoms with Gasteiger partial charge in [-0.05, 0) is 46.7 Å². The number of pyridine rings is 1. The Morgan fingerprint density at radius 2 is 2.20 bits per heavy atom. The fourth-order valence-corrected chi connectivity index (χ4v) is 3.20. The number of amides is 1. The van der Waals surface area contributed by atoms with E-state index in [1.807, 2.05) is 0 Å². The third kappa shape index (κ3) is 3.30. The smallest absolute Gasteiger partial charge is 0.255 e. The number of nitrogens with one attached hydrogen (secondary N) is 2. The zero-order valence-corrected chi connectivity index (χ0v) is 13.3. The monoisotopic (exact) mass is 340 g/mol. The number of halogens is 1. The number of carbonyl (C=O) groups is 1. The van der Waals surface area contributed by atoms with Gasteiger partial charge in [-0.2, -0.15) is 0 Å². The molecule has 1 fully saturated rings. The van der Waals surface area contributed by atoms with E-state index in [4.69, 9.17) is 5.84 Å². The van der Waals surface area contributed by atoms with Gasteiger partial charge in [0.1, 0.15) is 0 Å². The Balaban J connectivity index is 2.06. The summed E-state index contributed by atoms with van der Waals surface area (Å²) in [5.74, 6) is 5.66. The predicted molar refractivity (Wildman–Crippen MR) is 83.3 cm³/mol. The number of hydrazine groups is 1. The van der Waals surface area contributed by atoms with Gasteiger partial charge in [-0.3, -0.25) is 4.79 Å². The largest absolute Gasteiger partial charge is 0.351 e. The summed E-state index contributed by atoms with van der Waals surface area (Å²) >= 11 is 3.32. The van der Waals surface area contributed by atoms with Crippen LogP contribution in [0.25, 0.3) is 0 Å². The molecule has 110 valence electrons. The van der Waals surface area contributed by atoms with E-state index < -0.39 is 0 Å².